The van der Waals surface area contributed by atoms with Crippen LogP contribution in [0, 0.1) is 5.92 Å². The number of sulfonamides is 2. The van der Waals surface area contributed by atoms with E-state index in [2.05, 4.69) is 0 Å². The Labute approximate surface area is 142 Å². The minimum atomic E-state index is -3.64. The fourth-order valence-corrected chi connectivity index (χ4v) is 6.19. The van der Waals surface area contributed by atoms with Crippen molar-refractivity contribution in [2.75, 3.05) is 23.1 Å². The molecule has 0 radical (unpaired) electrons. The summed E-state index contributed by atoms with van der Waals surface area (Å²) >= 11 is 0. The van der Waals surface area contributed by atoms with Crippen molar-refractivity contribution in [3.8, 4) is 0 Å². The smallest absolute Gasteiger partial charge is 0.243 e. The van der Waals surface area contributed by atoms with Crippen LogP contribution in [0.15, 0.2) is 29.2 Å². The lowest BCUT2D eigenvalue weighted by molar-refractivity contribution is -0.116. The second kappa shape index (κ2) is 6.12. The van der Waals surface area contributed by atoms with Gasteiger partial charge in [0.1, 0.15) is 0 Å². The van der Waals surface area contributed by atoms with Crippen LogP contribution in [0.4, 0.5) is 5.69 Å². The van der Waals surface area contributed by atoms with Crippen molar-refractivity contribution in [3.63, 3.8) is 0 Å². The largest absolute Gasteiger partial charge is 0.273 e. The fraction of sp³-hybridized carbons (Fsp3) is 0.533. The molecule has 0 N–H and O–H groups in total. The quantitative estimate of drug-likeness (QED) is 0.794. The molecule has 2 heterocycles. The summed E-state index contributed by atoms with van der Waals surface area (Å²) in [6, 6.07) is 5.48. The summed E-state index contributed by atoms with van der Waals surface area (Å²) in [5.41, 5.74) is 0.184. The molecule has 2 aliphatic rings. The third-order valence-corrected chi connectivity index (χ3v) is 7.98. The van der Waals surface area contributed by atoms with Crippen LogP contribution in [0.5, 0.6) is 0 Å². The molecule has 1 aromatic carbocycles. The Morgan fingerprint density at radius 1 is 1.17 bits per heavy atom. The van der Waals surface area contributed by atoms with Gasteiger partial charge in [0, 0.05) is 19.5 Å². The first-order valence-corrected chi connectivity index (χ1v) is 10.9. The zero-order valence-corrected chi connectivity index (χ0v) is 15.0. The predicted octanol–water partition coefficient (Wildman–Crippen LogP) is 1.17. The standard InChI is InChI=1S/C15H20N2O5S2/c1-12-3-2-9-16(11-12)24(21,22)14-6-4-13(5-7-14)17-15(18)8-10-23(17,19)20/h4-7,12H,2-3,8-11H2,1H3. The van der Waals surface area contributed by atoms with Crippen LogP contribution in [0.1, 0.15) is 26.2 Å². The molecule has 1 unspecified atom stereocenters. The monoisotopic (exact) mass is 372 g/mol. The lowest BCUT2D eigenvalue weighted by Crippen LogP contribution is -2.39. The number of hydrogen-bond acceptors (Lipinski definition) is 5. The molecule has 1 amide bonds. The van der Waals surface area contributed by atoms with Crippen LogP contribution < -0.4 is 4.31 Å². The van der Waals surface area contributed by atoms with Crippen LogP contribution in [-0.4, -0.2) is 45.9 Å². The van der Waals surface area contributed by atoms with Gasteiger partial charge in [-0.05, 0) is 43.0 Å². The summed E-state index contributed by atoms with van der Waals surface area (Å²) in [5, 5.41) is 0. The number of carbonyl (C=O) groups is 1. The van der Waals surface area contributed by atoms with Crippen LogP contribution in [0.2, 0.25) is 0 Å². The highest BCUT2D eigenvalue weighted by molar-refractivity contribution is 7.94. The van der Waals surface area contributed by atoms with E-state index in [9.17, 15) is 21.6 Å². The highest BCUT2D eigenvalue weighted by atomic mass is 32.2. The van der Waals surface area contributed by atoms with Crippen molar-refractivity contribution in [2.24, 2.45) is 5.92 Å². The van der Waals surface area contributed by atoms with E-state index in [0.29, 0.717) is 19.0 Å². The summed E-state index contributed by atoms with van der Waals surface area (Å²) in [4.78, 5) is 11.9. The van der Waals surface area contributed by atoms with Gasteiger partial charge < -0.3 is 0 Å². The molecule has 0 aliphatic carbocycles. The first-order valence-electron chi connectivity index (χ1n) is 7.88. The minimum absolute atomic E-state index is 0.0476. The molecule has 0 spiro atoms. The van der Waals surface area contributed by atoms with Crippen molar-refractivity contribution in [3.05, 3.63) is 24.3 Å². The Balaban J connectivity index is 1.88. The number of nitrogens with zero attached hydrogens (tertiary/aromatic N) is 2. The molecule has 2 fully saturated rings. The first kappa shape index (κ1) is 17.4. The van der Waals surface area contributed by atoms with E-state index in [4.69, 9.17) is 0 Å². The van der Waals surface area contributed by atoms with Crippen LogP contribution in [0.3, 0.4) is 0 Å². The topological polar surface area (TPSA) is 91.8 Å². The maximum Gasteiger partial charge on any atom is 0.243 e. The molecular formula is C15H20N2O5S2. The van der Waals surface area contributed by atoms with E-state index in [1.807, 2.05) is 6.92 Å². The van der Waals surface area contributed by atoms with Gasteiger partial charge in [0.2, 0.25) is 26.0 Å². The number of piperidine rings is 1. The second-order valence-corrected chi connectivity index (χ2v) is 10.2. The molecular weight excluding hydrogens is 352 g/mol. The van der Waals surface area contributed by atoms with E-state index in [0.717, 1.165) is 17.1 Å². The number of hydrogen-bond donors (Lipinski definition) is 0. The maximum absolute atomic E-state index is 12.7. The number of rotatable bonds is 3. The van der Waals surface area contributed by atoms with E-state index in [1.54, 1.807) is 0 Å². The van der Waals surface area contributed by atoms with E-state index >= 15 is 0 Å². The van der Waals surface area contributed by atoms with Crippen LogP contribution in [0.25, 0.3) is 0 Å². The molecule has 7 nitrogen and oxygen atoms in total. The van der Waals surface area contributed by atoms with Crippen molar-refractivity contribution in [1.82, 2.24) is 4.31 Å². The molecule has 0 bridgehead atoms. The summed E-state index contributed by atoms with van der Waals surface area (Å²) in [6.07, 6.45) is 1.80. The Hall–Kier alpha value is -1.45. The maximum atomic E-state index is 12.7. The Bertz CT molecular complexity index is 846. The molecule has 3 rings (SSSR count). The minimum Gasteiger partial charge on any atom is -0.273 e. The molecule has 1 atom stereocenters. The summed E-state index contributed by atoms with van der Waals surface area (Å²) in [5.74, 6) is -0.381. The first-order chi connectivity index (χ1) is 11.2. The molecule has 132 valence electrons. The van der Waals surface area contributed by atoms with Gasteiger partial charge in [-0.3, -0.25) is 4.79 Å². The van der Waals surface area contributed by atoms with Crippen LogP contribution >= 0.6 is 0 Å². The third kappa shape index (κ3) is 3.07. The molecule has 0 saturated carbocycles. The van der Waals surface area contributed by atoms with E-state index < -0.39 is 26.0 Å². The van der Waals surface area contributed by atoms with Gasteiger partial charge >= 0.3 is 0 Å². The Morgan fingerprint density at radius 3 is 2.38 bits per heavy atom. The zero-order valence-electron chi connectivity index (χ0n) is 13.4. The van der Waals surface area contributed by atoms with Gasteiger partial charge in [-0.15, -0.1) is 0 Å². The number of amides is 1. The van der Waals surface area contributed by atoms with Crippen molar-refractivity contribution < 1.29 is 21.6 Å². The molecule has 9 heteroatoms. The number of carbonyl (C=O) groups excluding carboxylic acids is 1. The number of anilines is 1. The SMILES string of the molecule is CC1CCCN(S(=O)(=O)c2ccc(N3C(=O)CCS3(=O)=O)cc2)C1. The van der Waals surface area contributed by atoms with E-state index in [1.165, 1.54) is 28.6 Å². The molecule has 24 heavy (non-hydrogen) atoms. The normalized spacial score (nSPS) is 25.1. The van der Waals surface area contributed by atoms with Gasteiger partial charge in [0.15, 0.2) is 0 Å². The summed E-state index contributed by atoms with van der Waals surface area (Å²) in [6.45, 7) is 3.01. The second-order valence-electron chi connectivity index (χ2n) is 6.33. The van der Waals surface area contributed by atoms with Gasteiger partial charge in [0.05, 0.1) is 16.3 Å². The molecule has 2 saturated heterocycles. The van der Waals surface area contributed by atoms with Gasteiger partial charge in [0.25, 0.3) is 0 Å². The summed E-state index contributed by atoms with van der Waals surface area (Å²) < 4.78 is 51.4. The lowest BCUT2D eigenvalue weighted by atomic mass is 10.0. The third-order valence-electron chi connectivity index (χ3n) is 4.41. The summed E-state index contributed by atoms with van der Waals surface area (Å²) in [7, 11) is -7.24. The predicted molar refractivity (Wildman–Crippen MR) is 89.5 cm³/mol. The average Bonchev–Trinajstić information content (AvgIpc) is 2.81. The van der Waals surface area contributed by atoms with Gasteiger partial charge in [-0.25, -0.2) is 21.1 Å². The number of benzene rings is 1. The molecule has 0 aromatic heterocycles. The average molecular weight is 372 g/mol. The van der Waals surface area contributed by atoms with Crippen LogP contribution in [-0.2, 0) is 24.8 Å². The molecule has 1 aromatic rings. The fourth-order valence-electron chi connectivity index (χ4n) is 3.14. The van der Waals surface area contributed by atoms with E-state index in [-0.39, 0.29) is 22.8 Å². The van der Waals surface area contributed by atoms with Crippen molar-refractivity contribution in [1.29, 1.82) is 0 Å². The van der Waals surface area contributed by atoms with Gasteiger partial charge in [-0.2, -0.15) is 4.31 Å². The highest BCUT2D eigenvalue weighted by Gasteiger charge is 2.36. The molecule has 2 aliphatic heterocycles. The van der Waals surface area contributed by atoms with Crippen molar-refractivity contribution >= 4 is 31.6 Å². The highest BCUT2D eigenvalue weighted by Crippen LogP contribution is 2.28. The lowest BCUT2D eigenvalue weighted by Gasteiger charge is -2.30. The Kier molecular flexibility index (Phi) is 4.43. The Morgan fingerprint density at radius 2 is 1.83 bits per heavy atom. The van der Waals surface area contributed by atoms with Gasteiger partial charge in [-0.1, -0.05) is 6.92 Å². The van der Waals surface area contributed by atoms with Crippen molar-refractivity contribution in [2.45, 2.75) is 31.1 Å². The zero-order chi connectivity index (χ0) is 17.5.